The van der Waals surface area contributed by atoms with Gasteiger partial charge in [-0.2, -0.15) is 0 Å². The van der Waals surface area contributed by atoms with Crippen LogP contribution < -0.4 is 21.1 Å². The molecule has 0 N–H and O–H groups in total. The third-order valence-electron chi connectivity index (χ3n) is 2.58. The summed E-state index contributed by atoms with van der Waals surface area (Å²) in [5.41, 5.74) is 0. The summed E-state index contributed by atoms with van der Waals surface area (Å²) in [6.45, 7) is 22.3. The second kappa shape index (κ2) is 6.95. The van der Waals surface area contributed by atoms with Gasteiger partial charge >= 0.3 is 0 Å². The zero-order chi connectivity index (χ0) is 13.6. The molecule has 1 rings (SSSR count). The lowest BCUT2D eigenvalue weighted by atomic mass is 10.3. The van der Waals surface area contributed by atoms with E-state index in [2.05, 4.69) is 44.2 Å². The zero-order valence-electron chi connectivity index (χ0n) is 11.9. The molecule has 0 fully saturated rings. The normalized spacial score (nSPS) is 12.6. The van der Waals surface area contributed by atoms with Gasteiger partial charge in [0.15, 0.2) is 0 Å². The molecule has 0 aromatic carbocycles. The fourth-order valence-electron chi connectivity index (χ4n) is 1.98. The first-order chi connectivity index (χ1) is 8.04. The maximum absolute atomic E-state index is 4.11. The van der Waals surface area contributed by atoms with E-state index in [-0.39, 0.29) is 0 Å². The van der Waals surface area contributed by atoms with Crippen molar-refractivity contribution >= 4 is 25.3 Å². The molecule has 0 aliphatic carbocycles. The van der Waals surface area contributed by atoms with Crippen molar-refractivity contribution in [2.45, 2.75) is 40.7 Å². The number of hydrogen-bond donors (Lipinski definition) is 0. The average Bonchev–Trinajstić information content (AvgIpc) is 2.54. The van der Waals surface area contributed by atoms with E-state index in [1.54, 1.807) is 6.08 Å². The number of rotatable bonds is 2. The Labute approximate surface area is 105 Å². The Morgan fingerprint density at radius 2 is 1.53 bits per heavy atom. The summed E-state index contributed by atoms with van der Waals surface area (Å²) in [6.07, 6.45) is 5.86. The molecule has 0 spiro atoms. The molecule has 0 atom stereocenters. The number of nitrogens with zero attached hydrogens (tertiary/aromatic N) is 1. The Morgan fingerprint density at radius 3 is 1.88 bits per heavy atom. The SMILES string of the molecule is C=C/C=c1/c(=C)n(C(C)C)c(=C)/c1=C/C.CC. The minimum absolute atomic E-state index is 0.385. The van der Waals surface area contributed by atoms with E-state index in [1.807, 2.05) is 26.8 Å². The van der Waals surface area contributed by atoms with E-state index in [4.69, 9.17) is 0 Å². The molecule has 0 saturated heterocycles. The highest BCUT2D eigenvalue weighted by atomic mass is 15.0. The number of aromatic nitrogens is 1. The molecule has 0 bridgehead atoms. The van der Waals surface area contributed by atoms with Gasteiger partial charge < -0.3 is 4.57 Å². The first-order valence-corrected chi connectivity index (χ1v) is 6.21. The lowest BCUT2D eigenvalue weighted by molar-refractivity contribution is 0.574. The Hall–Kier alpha value is -1.50. The summed E-state index contributed by atoms with van der Waals surface area (Å²) in [4.78, 5) is 0. The molecule has 0 saturated carbocycles. The topological polar surface area (TPSA) is 4.93 Å². The quantitative estimate of drug-likeness (QED) is 0.730. The summed E-state index contributed by atoms with van der Waals surface area (Å²) in [6, 6.07) is 0.385. The average molecular weight is 231 g/mol. The smallest absolute Gasteiger partial charge is 0.0420 e. The van der Waals surface area contributed by atoms with Gasteiger partial charge in [0.1, 0.15) is 0 Å². The van der Waals surface area contributed by atoms with Crippen LogP contribution in [0.5, 0.6) is 0 Å². The van der Waals surface area contributed by atoms with Crippen molar-refractivity contribution in [3.05, 3.63) is 33.8 Å². The molecular weight excluding hydrogens is 206 g/mol. The summed E-state index contributed by atoms with van der Waals surface area (Å²) < 4.78 is 2.16. The van der Waals surface area contributed by atoms with Crippen LogP contribution in [-0.2, 0) is 0 Å². The second-order valence-corrected chi connectivity index (χ2v) is 3.88. The minimum atomic E-state index is 0.385. The van der Waals surface area contributed by atoms with Crippen LogP contribution in [0, 0.1) is 0 Å². The van der Waals surface area contributed by atoms with E-state index >= 15 is 0 Å². The van der Waals surface area contributed by atoms with E-state index in [0.29, 0.717) is 6.04 Å². The largest absolute Gasteiger partial charge is 0.339 e. The Balaban J connectivity index is 0.00000121. The third kappa shape index (κ3) is 3.00. The maximum atomic E-state index is 4.11. The van der Waals surface area contributed by atoms with Gasteiger partial charge in [-0.05, 0) is 20.8 Å². The van der Waals surface area contributed by atoms with Gasteiger partial charge in [0.05, 0.1) is 0 Å². The Kier molecular flexibility index (Phi) is 6.34. The van der Waals surface area contributed by atoms with Gasteiger partial charge in [-0.25, -0.2) is 0 Å². The molecular formula is C16H25N. The van der Waals surface area contributed by atoms with Crippen molar-refractivity contribution in [2.75, 3.05) is 0 Å². The highest BCUT2D eigenvalue weighted by Gasteiger charge is 2.02. The van der Waals surface area contributed by atoms with Crippen molar-refractivity contribution in [2.24, 2.45) is 0 Å². The molecule has 0 radical (unpaired) electrons. The molecule has 1 heterocycles. The standard InChI is InChI=1S/C14H19N.C2H6/c1-7-9-14-12(6)15(10(3)4)11(5)13(14)8-2;1-2/h7-10H,1,5-6H2,2-4H3;1-2H3/b13-8-,14-9-;. The van der Waals surface area contributed by atoms with Crippen molar-refractivity contribution < 1.29 is 0 Å². The number of hydrogen-bond acceptors (Lipinski definition) is 0. The molecule has 0 aliphatic rings. The number of allylic oxidation sites excluding steroid dienone is 1. The van der Waals surface area contributed by atoms with Crippen molar-refractivity contribution in [1.82, 2.24) is 4.57 Å². The third-order valence-corrected chi connectivity index (χ3v) is 2.58. The van der Waals surface area contributed by atoms with Crippen LogP contribution in [-0.4, -0.2) is 4.57 Å². The molecule has 17 heavy (non-hydrogen) atoms. The van der Waals surface area contributed by atoms with Gasteiger partial charge in [-0.3, -0.25) is 0 Å². The molecule has 1 aromatic heterocycles. The van der Waals surface area contributed by atoms with Crippen LogP contribution >= 0.6 is 0 Å². The van der Waals surface area contributed by atoms with Crippen LogP contribution in [0.2, 0.25) is 0 Å². The van der Waals surface area contributed by atoms with Crippen LogP contribution in [0.1, 0.15) is 40.7 Å². The minimum Gasteiger partial charge on any atom is -0.339 e. The van der Waals surface area contributed by atoms with E-state index in [9.17, 15) is 0 Å². The monoisotopic (exact) mass is 231 g/mol. The highest BCUT2D eigenvalue weighted by molar-refractivity contribution is 5.39. The first kappa shape index (κ1) is 15.5. The van der Waals surface area contributed by atoms with E-state index in [1.165, 1.54) is 0 Å². The lowest BCUT2D eigenvalue weighted by Gasteiger charge is -2.07. The van der Waals surface area contributed by atoms with Gasteiger partial charge in [-0.15, -0.1) is 0 Å². The highest BCUT2D eigenvalue weighted by Crippen LogP contribution is 1.91. The van der Waals surface area contributed by atoms with Crippen LogP contribution in [0.3, 0.4) is 0 Å². The molecule has 0 aliphatic heterocycles. The van der Waals surface area contributed by atoms with Gasteiger partial charge in [0, 0.05) is 27.2 Å². The summed E-state index contributed by atoms with van der Waals surface area (Å²) in [5, 5.41) is 4.34. The predicted octanol–water partition coefficient (Wildman–Crippen LogP) is 1.68. The molecule has 1 aromatic rings. The van der Waals surface area contributed by atoms with Crippen molar-refractivity contribution in [3.63, 3.8) is 0 Å². The van der Waals surface area contributed by atoms with Crippen molar-refractivity contribution in [3.8, 4) is 0 Å². The summed E-state index contributed by atoms with van der Waals surface area (Å²) >= 11 is 0. The predicted molar refractivity (Wildman–Crippen MR) is 80.5 cm³/mol. The first-order valence-electron chi connectivity index (χ1n) is 6.21. The fourth-order valence-corrected chi connectivity index (χ4v) is 1.98. The van der Waals surface area contributed by atoms with Crippen molar-refractivity contribution in [1.29, 1.82) is 0 Å². The van der Waals surface area contributed by atoms with Gasteiger partial charge in [-0.1, -0.05) is 51.8 Å². The van der Waals surface area contributed by atoms with Crippen LogP contribution in [0.25, 0.3) is 25.3 Å². The molecule has 1 nitrogen and oxygen atoms in total. The Morgan fingerprint density at radius 1 is 1.06 bits per heavy atom. The molecule has 0 unspecified atom stereocenters. The van der Waals surface area contributed by atoms with Crippen LogP contribution in [0.15, 0.2) is 12.7 Å². The lowest BCUT2D eigenvalue weighted by Crippen LogP contribution is -2.36. The zero-order valence-corrected chi connectivity index (χ0v) is 11.9. The van der Waals surface area contributed by atoms with Crippen LogP contribution in [0.4, 0.5) is 0 Å². The summed E-state index contributed by atoms with van der Waals surface area (Å²) in [7, 11) is 0. The second-order valence-electron chi connectivity index (χ2n) is 3.88. The van der Waals surface area contributed by atoms with E-state index < -0.39 is 0 Å². The molecule has 1 heteroatoms. The Bertz CT molecular complexity index is 571. The van der Waals surface area contributed by atoms with Gasteiger partial charge in [0.25, 0.3) is 0 Å². The van der Waals surface area contributed by atoms with Gasteiger partial charge in [0.2, 0.25) is 0 Å². The molecule has 94 valence electrons. The molecule has 0 amide bonds. The maximum Gasteiger partial charge on any atom is 0.0420 e. The summed E-state index contributed by atoms with van der Waals surface area (Å²) in [5.74, 6) is 0. The van der Waals surface area contributed by atoms with E-state index in [0.717, 1.165) is 21.1 Å². The fraction of sp³-hybridized carbons (Fsp3) is 0.375.